The van der Waals surface area contributed by atoms with Gasteiger partial charge in [-0.05, 0) is 82.2 Å². The van der Waals surface area contributed by atoms with Gasteiger partial charge in [0.15, 0.2) is 5.78 Å². The summed E-state index contributed by atoms with van der Waals surface area (Å²) in [6.45, 7) is 3.47. The van der Waals surface area contributed by atoms with Crippen LogP contribution >= 0.6 is 0 Å². The molecule has 45 heavy (non-hydrogen) atoms. The lowest BCUT2D eigenvalue weighted by atomic mass is 9.88. The smallest absolute Gasteiger partial charge is 0.163 e. The number of anilines is 3. The van der Waals surface area contributed by atoms with Gasteiger partial charge in [0.1, 0.15) is 5.76 Å². The highest BCUT2D eigenvalue weighted by molar-refractivity contribution is 6.29. The molecule has 7 rings (SSSR count). The maximum Gasteiger partial charge on any atom is 0.163 e. The highest BCUT2D eigenvalue weighted by atomic mass is 16.5. The van der Waals surface area contributed by atoms with Crippen LogP contribution in [-0.2, 0) is 9.53 Å². The summed E-state index contributed by atoms with van der Waals surface area (Å²) in [5.41, 5.74) is 7.05. The van der Waals surface area contributed by atoms with E-state index >= 15 is 0 Å². The van der Waals surface area contributed by atoms with E-state index in [2.05, 4.69) is 144 Å². The topological polar surface area (TPSA) is 29.5 Å². The van der Waals surface area contributed by atoms with Crippen LogP contribution in [0.2, 0.25) is 0 Å². The molecule has 0 atom stereocenters. The quantitative estimate of drug-likeness (QED) is 0.106. The number of ether oxygens (including phenoxy) is 1. The van der Waals surface area contributed by atoms with Gasteiger partial charge in [-0.3, -0.25) is 4.79 Å². The van der Waals surface area contributed by atoms with Crippen molar-refractivity contribution in [1.29, 1.82) is 0 Å². The fourth-order valence-electron chi connectivity index (χ4n) is 6.57. The Kier molecular flexibility index (Phi) is 7.36. The average molecular weight is 584 g/mol. The zero-order valence-corrected chi connectivity index (χ0v) is 25.6. The lowest BCUT2D eigenvalue weighted by Gasteiger charge is -2.30. The van der Waals surface area contributed by atoms with Crippen LogP contribution in [-0.4, -0.2) is 12.9 Å². The summed E-state index contributed by atoms with van der Waals surface area (Å²) in [4.78, 5) is 15.4. The number of rotatable bonds is 7. The Balaban J connectivity index is 1.62. The van der Waals surface area contributed by atoms with Crippen LogP contribution in [0.1, 0.15) is 19.4 Å². The molecule has 3 heteroatoms. The molecule has 0 aromatic heterocycles. The van der Waals surface area contributed by atoms with Crippen molar-refractivity contribution < 1.29 is 9.53 Å². The maximum absolute atomic E-state index is 13.0. The van der Waals surface area contributed by atoms with Crippen LogP contribution in [0.5, 0.6) is 0 Å². The first kappa shape index (κ1) is 28.1. The standard InChI is InChI=1S/C42H33NO2/c1-28(44)42(29(2)45-3)39-26-37-35-23-12-13-24-36(35)41(27-38(37)33-21-10-11-22-34(33)39)43(31-18-8-5-9-19-31)40-25-15-14-20-32(40)30-16-6-4-7-17-30/h4-27H,1-3H3/b42-29+. The number of nitrogens with zero attached hydrogens (tertiary/aromatic N) is 1. The first-order chi connectivity index (χ1) is 22.1. The van der Waals surface area contributed by atoms with Gasteiger partial charge in [0.2, 0.25) is 0 Å². The second kappa shape index (κ2) is 11.8. The molecule has 7 aromatic carbocycles. The van der Waals surface area contributed by atoms with E-state index in [1.807, 2.05) is 13.0 Å². The molecule has 0 heterocycles. The molecule has 0 aliphatic heterocycles. The van der Waals surface area contributed by atoms with Gasteiger partial charge in [-0.2, -0.15) is 0 Å². The number of allylic oxidation sites excluding steroid dienone is 2. The first-order valence-corrected chi connectivity index (χ1v) is 15.2. The maximum atomic E-state index is 13.0. The van der Waals surface area contributed by atoms with Gasteiger partial charge in [0.05, 0.1) is 24.1 Å². The largest absolute Gasteiger partial charge is 0.501 e. The number of carbonyl (C=O) groups is 1. The number of hydrogen-bond donors (Lipinski definition) is 0. The highest BCUT2D eigenvalue weighted by Gasteiger charge is 2.23. The first-order valence-electron chi connectivity index (χ1n) is 15.2. The molecule has 3 nitrogen and oxygen atoms in total. The van der Waals surface area contributed by atoms with Crippen molar-refractivity contribution in [2.45, 2.75) is 13.8 Å². The highest BCUT2D eigenvalue weighted by Crippen LogP contribution is 2.47. The molecule has 0 N–H and O–H groups in total. The normalized spacial score (nSPS) is 11.9. The van der Waals surface area contributed by atoms with Crippen LogP contribution in [0.4, 0.5) is 17.1 Å². The minimum absolute atomic E-state index is 0.0208. The molecule has 0 saturated carbocycles. The average Bonchev–Trinajstić information content (AvgIpc) is 3.09. The second-order valence-electron chi connectivity index (χ2n) is 11.3. The molecule has 0 amide bonds. The molecule has 0 aliphatic carbocycles. The summed E-state index contributed by atoms with van der Waals surface area (Å²) in [7, 11) is 1.62. The van der Waals surface area contributed by atoms with Gasteiger partial charge in [-0.15, -0.1) is 0 Å². The summed E-state index contributed by atoms with van der Waals surface area (Å²) in [5, 5.41) is 6.56. The Bertz CT molecular complexity index is 2230. The number of benzene rings is 7. The van der Waals surface area contributed by atoms with Crippen LogP contribution in [0.25, 0.3) is 49.0 Å². The van der Waals surface area contributed by atoms with Crippen LogP contribution in [0.3, 0.4) is 0 Å². The van der Waals surface area contributed by atoms with E-state index in [4.69, 9.17) is 4.74 Å². The van der Waals surface area contributed by atoms with E-state index in [1.165, 1.54) is 0 Å². The van der Waals surface area contributed by atoms with Crippen molar-refractivity contribution in [1.82, 2.24) is 0 Å². The monoisotopic (exact) mass is 583 g/mol. The van der Waals surface area contributed by atoms with E-state index in [0.29, 0.717) is 11.3 Å². The number of fused-ring (bicyclic) bond motifs is 5. The van der Waals surface area contributed by atoms with Gasteiger partial charge in [-0.25, -0.2) is 0 Å². The minimum Gasteiger partial charge on any atom is -0.501 e. The van der Waals surface area contributed by atoms with Gasteiger partial charge in [-0.1, -0.05) is 115 Å². The molecule has 0 bridgehead atoms. The van der Waals surface area contributed by atoms with E-state index in [0.717, 1.165) is 66.1 Å². The molecule has 0 spiro atoms. The number of Topliss-reactive ketones (excluding diaryl/α,β-unsaturated/α-hetero) is 1. The van der Waals surface area contributed by atoms with Crippen molar-refractivity contribution in [3.63, 3.8) is 0 Å². The number of hydrogen-bond acceptors (Lipinski definition) is 3. The van der Waals surface area contributed by atoms with Crippen LogP contribution in [0.15, 0.2) is 151 Å². The Morgan fingerprint density at radius 3 is 1.73 bits per heavy atom. The third-order valence-corrected chi connectivity index (χ3v) is 8.63. The Morgan fingerprint density at radius 2 is 1.07 bits per heavy atom. The molecule has 0 fully saturated rings. The second-order valence-corrected chi connectivity index (χ2v) is 11.3. The molecule has 0 unspecified atom stereocenters. The lowest BCUT2D eigenvalue weighted by Crippen LogP contribution is -2.12. The van der Waals surface area contributed by atoms with Gasteiger partial charge in [0.25, 0.3) is 0 Å². The minimum atomic E-state index is -0.0208. The molecule has 7 aromatic rings. The predicted molar refractivity (Wildman–Crippen MR) is 189 cm³/mol. The van der Waals surface area contributed by atoms with E-state index in [1.54, 1.807) is 14.0 Å². The summed E-state index contributed by atoms with van der Waals surface area (Å²) in [5.74, 6) is 0.591. The van der Waals surface area contributed by atoms with Crippen molar-refractivity contribution in [3.8, 4) is 11.1 Å². The fourth-order valence-corrected chi connectivity index (χ4v) is 6.57. The molecule has 0 radical (unpaired) electrons. The molecule has 218 valence electrons. The Morgan fingerprint density at radius 1 is 0.533 bits per heavy atom. The van der Waals surface area contributed by atoms with Crippen molar-refractivity contribution in [2.24, 2.45) is 0 Å². The fraction of sp³-hybridized carbons (Fsp3) is 0.0714. The van der Waals surface area contributed by atoms with Crippen molar-refractivity contribution in [3.05, 3.63) is 157 Å². The number of carbonyl (C=O) groups excluding carboxylic acids is 1. The SMILES string of the molecule is CO/C(C)=C(\C(C)=O)c1cc2c3ccccc3c(N(c3ccccc3)c3ccccc3-c3ccccc3)cc2c2ccccc12. The Labute approximate surface area is 263 Å². The van der Waals surface area contributed by atoms with E-state index < -0.39 is 0 Å². The van der Waals surface area contributed by atoms with Gasteiger partial charge >= 0.3 is 0 Å². The third-order valence-electron chi connectivity index (χ3n) is 8.63. The van der Waals surface area contributed by atoms with Crippen LogP contribution in [0, 0.1) is 0 Å². The zero-order valence-electron chi connectivity index (χ0n) is 25.6. The van der Waals surface area contributed by atoms with Gasteiger partial charge in [0, 0.05) is 16.6 Å². The Hall–Kier alpha value is -5.67. The van der Waals surface area contributed by atoms with E-state index in [-0.39, 0.29) is 5.78 Å². The van der Waals surface area contributed by atoms with E-state index in [9.17, 15) is 4.79 Å². The number of ketones is 1. The molecule has 0 saturated heterocycles. The zero-order chi connectivity index (χ0) is 30.9. The lowest BCUT2D eigenvalue weighted by molar-refractivity contribution is -0.111. The molecule has 0 aliphatic rings. The summed E-state index contributed by atoms with van der Waals surface area (Å²) in [6, 6.07) is 51.2. The van der Waals surface area contributed by atoms with Crippen molar-refractivity contribution in [2.75, 3.05) is 12.0 Å². The number of para-hydroxylation sites is 2. The summed E-state index contributed by atoms with van der Waals surface area (Å²) in [6.07, 6.45) is 0. The third kappa shape index (κ3) is 4.93. The van der Waals surface area contributed by atoms with Crippen molar-refractivity contribution >= 4 is 60.7 Å². The molecular weight excluding hydrogens is 550 g/mol. The summed E-state index contributed by atoms with van der Waals surface area (Å²) >= 11 is 0. The van der Waals surface area contributed by atoms with Crippen LogP contribution < -0.4 is 4.90 Å². The number of methoxy groups -OCH3 is 1. The summed E-state index contributed by atoms with van der Waals surface area (Å²) < 4.78 is 5.62. The van der Waals surface area contributed by atoms with Gasteiger partial charge < -0.3 is 9.64 Å². The predicted octanol–water partition coefficient (Wildman–Crippen LogP) is 11.2. The molecular formula is C42H33NO2.